The van der Waals surface area contributed by atoms with Crippen LogP contribution in [0.1, 0.15) is 21.9 Å². The lowest BCUT2D eigenvalue weighted by molar-refractivity contribution is 0.0461. The fourth-order valence-electron chi connectivity index (χ4n) is 2.81. The number of aryl methyl sites for hydroxylation is 1. The Morgan fingerprint density at radius 1 is 1.12 bits per heavy atom. The number of hydrogen-bond donors (Lipinski definition) is 1. The summed E-state index contributed by atoms with van der Waals surface area (Å²) < 4.78 is 7.01. The molecule has 7 nitrogen and oxygen atoms in total. The first kappa shape index (κ1) is 15.1. The van der Waals surface area contributed by atoms with E-state index in [1.165, 1.54) is 0 Å². The lowest BCUT2D eigenvalue weighted by atomic mass is 10.1. The summed E-state index contributed by atoms with van der Waals surface area (Å²) in [6.45, 7) is 1.84. The molecule has 0 saturated heterocycles. The second kappa shape index (κ2) is 6.20. The number of nitrogens with zero attached hydrogens (tertiary/aromatic N) is 4. The van der Waals surface area contributed by atoms with Crippen LogP contribution in [0, 0.1) is 6.92 Å². The molecular formula is C18H15N5O2. The van der Waals surface area contributed by atoms with Crippen LogP contribution in [-0.4, -0.2) is 31.2 Å². The highest BCUT2D eigenvalue weighted by Crippen LogP contribution is 2.23. The molecule has 0 bridgehead atoms. The number of carbonyl (C=O) groups excluding carboxylic acids is 1. The smallest absolute Gasteiger partial charge is 0.341 e. The van der Waals surface area contributed by atoms with E-state index in [0.717, 1.165) is 22.3 Å². The number of para-hydroxylation sites is 2. The van der Waals surface area contributed by atoms with Crippen molar-refractivity contribution in [3.05, 3.63) is 71.7 Å². The minimum Gasteiger partial charge on any atom is -0.454 e. The molecule has 2 aromatic heterocycles. The number of aromatic amines is 1. The number of nitrogens with one attached hydrogen (secondary N) is 1. The second-order valence-electron chi connectivity index (χ2n) is 5.59. The van der Waals surface area contributed by atoms with Gasteiger partial charge in [-0.1, -0.05) is 36.4 Å². The molecule has 4 rings (SSSR count). The summed E-state index contributed by atoms with van der Waals surface area (Å²) in [6, 6.07) is 17.1. The van der Waals surface area contributed by atoms with Crippen molar-refractivity contribution >= 4 is 16.9 Å². The summed E-state index contributed by atoms with van der Waals surface area (Å²) in [7, 11) is 0. The van der Waals surface area contributed by atoms with Crippen molar-refractivity contribution in [3.8, 4) is 5.69 Å². The van der Waals surface area contributed by atoms with Gasteiger partial charge in [0.15, 0.2) is 12.4 Å². The number of esters is 1. The Bertz CT molecular complexity index is 1040. The molecular weight excluding hydrogens is 318 g/mol. The minimum absolute atomic E-state index is 0.0142. The van der Waals surface area contributed by atoms with Crippen LogP contribution in [-0.2, 0) is 11.3 Å². The first-order chi connectivity index (χ1) is 12.2. The molecule has 1 N–H and O–H groups in total. The second-order valence-corrected chi connectivity index (χ2v) is 5.59. The van der Waals surface area contributed by atoms with Gasteiger partial charge >= 0.3 is 5.97 Å². The van der Waals surface area contributed by atoms with Gasteiger partial charge in [-0.25, -0.2) is 4.79 Å². The van der Waals surface area contributed by atoms with Crippen molar-refractivity contribution in [1.29, 1.82) is 0 Å². The Morgan fingerprint density at radius 3 is 2.72 bits per heavy atom. The van der Waals surface area contributed by atoms with Crippen LogP contribution < -0.4 is 0 Å². The minimum atomic E-state index is -0.405. The summed E-state index contributed by atoms with van der Waals surface area (Å²) in [5.74, 6) is 0.0506. The Morgan fingerprint density at radius 2 is 1.88 bits per heavy atom. The zero-order valence-corrected chi connectivity index (χ0v) is 13.5. The Labute approximate surface area is 143 Å². The van der Waals surface area contributed by atoms with Gasteiger partial charge < -0.3 is 9.72 Å². The van der Waals surface area contributed by atoms with Crippen molar-refractivity contribution < 1.29 is 9.53 Å². The highest BCUT2D eigenvalue weighted by molar-refractivity contribution is 6.05. The van der Waals surface area contributed by atoms with Crippen molar-refractivity contribution in [3.63, 3.8) is 0 Å². The normalized spacial score (nSPS) is 10.9. The molecule has 2 heterocycles. The highest BCUT2D eigenvalue weighted by Gasteiger charge is 2.18. The summed E-state index contributed by atoms with van der Waals surface area (Å²) in [5, 5.41) is 12.4. The highest BCUT2D eigenvalue weighted by atomic mass is 16.5. The summed E-state index contributed by atoms with van der Waals surface area (Å²) in [6.07, 6.45) is 0. The Hall–Kier alpha value is -3.48. The number of aromatic nitrogens is 5. The molecule has 0 aliphatic heterocycles. The molecule has 0 fully saturated rings. The fraction of sp³-hybridized carbons (Fsp3) is 0.111. The molecule has 0 spiro atoms. The molecule has 25 heavy (non-hydrogen) atoms. The molecule has 0 radical (unpaired) electrons. The quantitative estimate of drug-likeness (QED) is 0.580. The zero-order chi connectivity index (χ0) is 17.2. The van der Waals surface area contributed by atoms with Gasteiger partial charge in [-0.15, -0.1) is 5.10 Å². The van der Waals surface area contributed by atoms with Gasteiger partial charge in [0.25, 0.3) is 0 Å². The molecule has 0 atom stereocenters. The Kier molecular flexibility index (Phi) is 3.74. The number of fused-ring (bicyclic) bond motifs is 1. The van der Waals surface area contributed by atoms with Crippen molar-refractivity contribution in [2.24, 2.45) is 0 Å². The maximum Gasteiger partial charge on any atom is 0.341 e. The topological polar surface area (TPSA) is 85.7 Å². The average Bonchev–Trinajstić information content (AvgIpc) is 3.23. The van der Waals surface area contributed by atoms with Crippen LogP contribution in [0.25, 0.3) is 16.6 Å². The van der Waals surface area contributed by atoms with E-state index >= 15 is 0 Å². The van der Waals surface area contributed by atoms with Crippen LogP contribution in [0.5, 0.6) is 0 Å². The van der Waals surface area contributed by atoms with Crippen LogP contribution >= 0.6 is 0 Å². The maximum absolute atomic E-state index is 12.6. The largest absolute Gasteiger partial charge is 0.454 e. The molecule has 0 saturated carbocycles. The number of ether oxygens (including phenoxy) is 1. The predicted octanol–water partition coefficient (Wildman–Crippen LogP) is 2.81. The number of hydrogen-bond acceptors (Lipinski definition) is 5. The molecule has 0 unspecified atom stereocenters. The SMILES string of the molecule is Cc1[nH]c2ccccc2c1C(=O)OCc1nnnn1-c1ccccc1. The number of carbonyl (C=O) groups is 1. The number of H-pyrrole nitrogens is 1. The van der Waals surface area contributed by atoms with Gasteiger partial charge in [0, 0.05) is 16.6 Å². The van der Waals surface area contributed by atoms with Gasteiger partial charge in [-0.3, -0.25) is 0 Å². The first-order valence-corrected chi connectivity index (χ1v) is 7.81. The van der Waals surface area contributed by atoms with Crippen LogP contribution in [0.2, 0.25) is 0 Å². The van der Waals surface area contributed by atoms with E-state index in [9.17, 15) is 4.79 Å². The van der Waals surface area contributed by atoms with Crippen LogP contribution in [0.3, 0.4) is 0 Å². The lowest BCUT2D eigenvalue weighted by Crippen LogP contribution is -2.10. The average molecular weight is 333 g/mol. The van der Waals surface area contributed by atoms with Gasteiger partial charge in [-0.05, 0) is 35.5 Å². The molecule has 4 aromatic rings. The monoisotopic (exact) mass is 333 g/mol. The van der Waals surface area contributed by atoms with E-state index in [-0.39, 0.29) is 6.61 Å². The third kappa shape index (κ3) is 2.76. The van der Waals surface area contributed by atoms with Gasteiger partial charge in [0.1, 0.15) is 0 Å². The van der Waals surface area contributed by atoms with Crippen LogP contribution in [0.15, 0.2) is 54.6 Å². The summed E-state index contributed by atoms with van der Waals surface area (Å²) in [4.78, 5) is 15.8. The number of benzene rings is 2. The third-order valence-corrected chi connectivity index (χ3v) is 3.96. The van der Waals surface area contributed by atoms with Crippen LogP contribution in [0.4, 0.5) is 0 Å². The molecule has 0 aliphatic carbocycles. The standard InChI is InChI=1S/C18H15N5O2/c1-12-17(14-9-5-6-10-15(14)19-12)18(24)25-11-16-20-21-22-23(16)13-7-3-2-4-8-13/h2-10,19H,11H2,1H3. The van der Waals surface area contributed by atoms with Crippen molar-refractivity contribution in [1.82, 2.24) is 25.2 Å². The van der Waals surface area contributed by atoms with E-state index in [4.69, 9.17) is 4.74 Å². The number of rotatable bonds is 4. The molecule has 2 aromatic carbocycles. The molecule has 124 valence electrons. The van der Waals surface area contributed by atoms with E-state index in [1.54, 1.807) is 4.68 Å². The molecule has 0 aliphatic rings. The zero-order valence-electron chi connectivity index (χ0n) is 13.5. The predicted molar refractivity (Wildman–Crippen MR) is 91.3 cm³/mol. The molecule has 0 amide bonds. The Balaban J connectivity index is 1.57. The fourth-order valence-corrected chi connectivity index (χ4v) is 2.81. The summed E-state index contributed by atoms with van der Waals surface area (Å²) >= 11 is 0. The van der Waals surface area contributed by atoms with Gasteiger partial charge in [0.05, 0.1) is 11.3 Å². The van der Waals surface area contributed by atoms with E-state index in [2.05, 4.69) is 20.5 Å². The van der Waals surface area contributed by atoms with E-state index in [0.29, 0.717) is 11.4 Å². The van der Waals surface area contributed by atoms with Gasteiger partial charge in [-0.2, -0.15) is 4.68 Å². The lowest BCUT2D eigenvalue weighted by Gasteiger charge is -2.06. The summed E-state index contributed by atoms with van der Waals surface area (Å²) in [5.41, 5.74) is 3.02. The third-order valence-electron chi connectivity index (χ3n) is 3.96. The number of tetrazole rings is 1. The first-order valence-electron chi connectivity index (χ1n) is 7.81. The van der Waals surface area contributed by atoms with Crippen molar-refractivity contribution in [2.45, 2.75) is 13.5 Å². The van der Waals surface area contributed by atoms with E-state index < -0.39 is 5.97 Å². The van der Waals surface area contributed by atoms with Gasteiger partial charge in [0.2, 0.25) is 0 Å². The maximum atomic E-state index is 12.6. The molecule has 7 heteroatoms. The van der Waals surface area contributed by atoms with E-state index in [1.807, 2.05) is 61.5 Å². The van der Waals surface area contributed by atoms with Crippen molar-refractivity contribution in [2.75, 3.05) is 0 Å².